The number of ether oxygens (including phenoxy) is 8. The second-order valence-corrected chi connectivity index (χ2v) is 50.6. The molecule has 1 heterocycles. The predicted molar refractivity (Wildman–Crippen MR) is 573 cm³/mol. The lowest BCUT2D eigenvalue weighted by Gasteiger charge is -2.45. The minimum Gasteiger partial charge on any atom is -0.488 e. The lowest BCUT2D eigenvalue weighted by atomic mass is 9.62. The van der Waals surface area contributed by atoms with Crippen molar-refractivity contribution in [3.63, 3.8) is 0 Å². The Labute approximate surface area is 853 Å². The van der Waals surface area contributed by atoms with Gasteiger partial charge in [-0.1, -0.05) is 241 Å². The van der Waals surface area contributed by atoms with Crippen LogP contribution in [0.15, 0.2) is 72.8 Å². The first-order chi connectivity index (χ1) is 63.2. The van der Waals surface area contributed by atoms with Crippen LogP contribution in [0.4, 0.5) is 13.2 Å². The van der Waals surface area contributed by atoms with E-state index < -0.39 is 40.5 Å². The molecule has 2 bridgehead atoms. The van der Waals surface area contributed by atoms with E-state index in [1.54, 1.807) is 34.6 Å². The minimum absolute atomic E-state index is 0.00618. The standard InChI is InChI=1S/C20H38O2.C18H30.C14H20O4.C14H22O.C11H22O2.C10H14.C9H15F3O2.2C9H18O2.C6H12O2/c1-10-20(8,9)17(21)22-16-12-14(18(2,3)4)11-15(13-16)19(5,6)7;1-9-13(2)14-10-15(17(3,4)5)12-16(11-14)18(6,7)8;1-4-14(2,3)13(16)18-10-7-5-8-9(6-7)12(15)17-11(8)10;1-6-11(2)12-7-9-13(10-8-12)15-14(3,4)5;1-7-10(3,4)9(12)13-11(5,6)8-2;1-3-9(2)10-7-5-4-6-8-10;1-5-8(3,4)7(13)14-6(2)9(10,11)12;2*1-6-9(4,5)8(10)11-7(2)3;1-4-6(2,3)5(7)8/h14-16H,10-13H2,1-9H3;10-13H,9H2,1-8H3;7-11H,4-6H2,1-3H3;7-11H,6H2,1-5H3;7-8H2,1-6H3;4-9H,3H2,1-2H3;6H,5H2,1-4H3;2*7H,6H2,1-5H3;4H2,1-3H3,(H,7,8). The van der Waals surface area contributed by atoms with Gasteiger partial charge in [-0.2, -0.15) is 13.2 Å². The number of alkyl halides is 3. The van der Waals surface area contributed by atoms with Crippen molar-refractivity contribution in [2.75, 3.05) is 0 Å². The van der Waals surface area contributed by atoms with E-state index in [2.05, 4.69) is 230 Å². The number of esters is 7. The molecule has 0 aromatic heterocycles. The Kier molecular flexibility index (Phi) is 57.2. The van der Waals surface area contributed by atoms with Crippen LogP contribution in [0.3, 0.4) is 0 Å². The topological polar surface area (TPSA) is 231 Å². The van der Waals surface area contributed by atoms with Gasteiger partial charge in [0.25, 0.3) is 0 Å². The number of carboxylic acid groups (broad SMARTS) is 1. The third-order valence-corrected chi connectivity index (χ3v) is 29.1. The lowest BCUT2D eigenvalue weighted by Crippen LogP contribution is -2.41. The zero-order valence-corrected chi connectivity index (χ0v) is 98.4. The molecule has 3 aromatic rings. The molecule has 812 valence electrons. The van der Waals surface area contributed by atoms with Gasteiger partial charge in [-0.3, -0.25) is 38.4 Å². The van der Waals surface area contributed by atoms with E-state index in [9.17, 15) is 51.5 Å². The molecule has 0 amide bonds. The maximum absolute atomic E-state index is 12.5. The molecular weight excluding hydrogens is 1770 g/mol. The van der Waals surface area contributed by atoms with Crippen LogP contribution in [0.25, 0.3) is 0 Å². The lowest BCUT2D eigenvalue weighted by molar-refractivity contribution is -0.221. The first-order valence-electron chi connectivity index (χ1n) is 53.0. The number of hydrogen-bond acceptors (Lipinski definition) is 16. The molecule has 11 atom stereocenters. The molecule has 1 saturated heterocycles. The third kappa shape index (κ3) is 49.7. The van der Waals surface area contributed by atoms with Crippen molar-refractivity contribution in [2.45, 2.75) is 532 Å². The number of fused-ring (bicyclic) bond motifs is 1. The highest BCUT2D eigenvalue weighted by Gasteiger charge is 2.64. The number of benzene rings is 3. The number of rotatable bonds is 28. The number of hydrogen-bond donors (Lipinski definition) is 1. The fraction of sp³-hybridized carbons (Fsp3) is 0.783. The zero-order valence-electron chi connectivity index (χ0n) is 98.4. The van der Waals surface area contributed by atoms with Crippen molar-refractivity contribution < 1.29 is 94.5 Å². The summed E-state index contributed by atoms with van der Waals surface area (Å²) in [6.07, 6.45) is 7.87. The summed E-state index contributed by atoms with van der Waals surface area (Å²) >= 11 is 0. The monoisotopic (exact) mass is 1980 g/mol. The second kappa shape index (κ2) is 58.4. The summed E-state index contributed by atoms with van der Waals surface area (Å²) in [6.45, 7) is 101. The van der Waals surface area contributed by atoms with Crippen LogP contribution in [0.1, 0.15) is 494 Å². The number of carbonyl (C=O) groups is 8. The number of halogens is 3. The summed E-state index contributed by atoms with van der Waals surface area (Å²) in [5.41, 5.74) is 4.57. The second-order valence-electron chi connectivity index (χ2n) is 50.6. The van der Waals surface area contributed by atoms with Gasteiger partial charge in [-0.15, -0.1) is 0 Å². The fourth-order valence-electron chi connectivity index (χ4n) is 13.6. The van der Waals surface area contributed by atoms with Gasteiger partial charge in [0.15, 0.2) is 6.10 Å². The van der Waals surface area contributed by atoms with E-state index in [4.69, 9.17) is 38.3 Å². The van der Waals surface area contributed by atoms with E-state index in [1.807, 2.05) is 152 Å². The van der Waals surface area contributed by atoms with Crippen molar-refractivity contribution in [2.24, 2.45) is 78.3 Å². The van der Waals surface area contributed by atoms with Crippen LogP contribution in [0, 0.1) is 78.3 Å². The van der Waals surface area contributed by atoms with Gasteiger partial charge in [0.05, 0.1) is 56.0 Å². The zero-order chi connectivity index (χ0) is 111. The van der Waals surface area contributed by atoms with Crippen molar-refractivity contribution in [1.82, 2.24) is 0 Å². The molecule has 3 aliphatic carbocycles. The molecule has 4 aliphatic rings. The SMILES string of the molecule is CCC(C)(C)C(=O)O.CCC(C)(C)C(=O)OC(C)C.CCC(C)(C)C(=O)OC(C)C.CCC(C)(C)C(=O)OC(C)C(F)(F)F.CCC(C)(C)C(=O)OC1C2CC3C(=O)OC1C3C2.CCC(C)(C)C(=O)OC1CC(C(C)(C)C)CC(C(C)(C)C)C1.CCC(C)(C)OC(=O)C(C)(C)CC.CCC(C)c1cc(C(C)(C)C)cc(C(C)(C)C)c1.CCC(C)c1ccc(OC(C)(C)C)cc1.CCC(C)c1ccccc1. The highest BCUT2D eigenvalue weighted by Crippen LogP contribution is 2.56. The largest absolute Gasteiger partial charge is 0.488 e. The van der Waals surface area contributed by atoms with Gasteiger partial charge >= 0.3 is 53.9 Å². The molecular formula is C120H209F3O17. The quantitative estimate of drug-likeness (QED) is 0.0526. The van der Waals surface area contributed by atoms with E-state index >= 15 is 0 Å². The summed E-state index contributed by atoms with van der Waals surface area (Å²) in [6, 6.07) is 26.3. The first-order valence-corrected chi connectivity index (χ1v) is 53.0. The average molecular weight is 1980 g/mol. The Bertz CT molecular complexity index is 4040. The molecule has 20 heteroatoms. The van der Waals surface area contributed by atoms with E-state index in [0.717, 1.165) is 76.9 Å². The molecule has 1 aliphatic heterocycles. The normalized spacial score (nSPS) is 19.1. The van der Waals surface area contributed by atoms with E-state index in [0.29, 0.717) is 54.3 Å². The van der Waals surface area contributed by atoms with Crippen molar-refractivity contribution >= 4 is 47.8 Å². The molecule has 11 unspecified atom stereocenters. The number of aliphatic carboxylic acids is 1. The predicted octanol–water partition coefficient (Wildman–Crippen LogP) is 33.5. The van der Waals surface area contributed by atoms with E-state index in [1.165, 1.54) is 53.5 Å². The Balaban J connectivity index is -0.00000151. The van der Waals surface area contributed by atoms with Crippen LogP contribution in [0.2, 0.25) is 0 Å². The average Bonchev–Trinajstić information content (AvgIpc) is 1.57. The molecule has 3 saturated carbocycles. The minimum atomic E-state index is -4.49. The van der Waals surface area contributed by atoms with Gasteiger partial charge in [-0.05, 0) is 360 Å². The van der Waals surface area contributed by atoms with Gasteiger partial charge < -0.3 is 43.0 Å². The molecule has 17 nitrogen and oxygen atoms in total. The van der Waals surface area contributed by atoms with Crippen molar-refractivity contribution in [3.05, 3.63) is 101 Å². The van der Waals surface area contributed by atoms with Gasteiger partial charge in [-0.25, -0.2) is 0 Å². The van der Waals surface area contributed by atoms with Crippen LogP contribution in [0.5, 0.6) is 5.75 Å². The molecule has 1 N–H and O–H groups in total. The molecule has 3 aromatic carbocycles. The Morgan fingerprint density at radius 3 is 1.03 bits per heavy atom. The summed E-state index contributed by atoms with van der Waals surface area (Å²) in [5.74, 6) is 2.77. The fourth-order valence-corrected chi connectivity index (χ4v) is 13.6. The summed E-state index contributed by atoms with van der Waals surface area (Å²) < 4.78 is 78.7. The highest BCUT2D eigenvalue weighted by atomic mass is 19.4. The maximum atomic E-state index is 12.5. The Hall–Kier alpha value is -6.99. The van der Waals surface area contributed by atoms with Crippen LogP contribution >= 0.6 is 0 Å². The summed E-state index contributed by atoms with van der Waals surface area (Å²) in [7, 11) is 0. The third-order valence-electron chi connectivity index (χ3n) is 29.1. The number of carbonyl (C=O) groups excluding carboxylic acids is 7. The smallest absolute Gasteiger partial charge is 0.425 e. The highest BCUT2D eigenvalue weighted by molar-refractivity contribution is 5.80. The Morgan fingerprint density at radius 1 is 0.386 bits per heavy atom. The van der Waals surface area contributed by atoms with Crippen molar-refractivity contribution in [3.8, 4) is 5.75 Å². The van der Waals surface area contributed by atoms with Gasteiger partial charge in [0.1, 0.15) is 35.3 Å². The summed E-state index contributed by atoms with van der Waals surface area (Å²) in [4.78, 5) is 91.9. The molecule has 0 radical (unpaired) electrons. The molecule has 4 fully saturated rings. The van der Waals surface area contributed by atoms with Crippen LogP contribution < -0.4 is 4.74 Å². The molecule has 7 rings (SSSR count). The van der Waals surface area contributed by atoms with Crippen molar-refractivity contribution in [1.29, 1.82) is 0 Å². The van der Waals surface area contributed by atoms with Gasteiger partial charge in [0.2, 0.25) is 0 Å². The first kappa shape index (κ1) is 137. The summed E-state index contributed by atoms with van der Waals surface area (Å²) in [5, 5.41) is 8.44. The van der Waals surface area contributed by atoms with Crippen LogP contribution in [-0.2, 0) is 82.3 Å². The van der Waals surface area contributed by atoms with E-state index in [-0.39, 0.29) is 127 Å². The molecule has 0 spiro atoms. The maximum Gasteiger partial charge on any atom is 0.425 e. The molecule has 140 heavy (non-hydrogen) atoms. The van der Waals surface area contributed by atoms with Crippen LogP contribution in [-0.4, -0.2) is 107 Å². The Morgan fingerprint density at radius 2 is 0.721 bits per heavy atom. The van der Waals surface area contributed by atoms with Gasteiger partial charge in [0, 0.05) is 11.8 Å². The number of carboxylic acids is 1.